The number of methoxy groups -OCH3 is 1. The monoisotopic (exact) mass is 252 g/mol. The van der Waals surface area contributed by atoms with E-state index in [0.29, 0.717) is 26.2 Å². The second kappa shape index (κ2) is 7.84. The molecule has 1 unspecified atom stereocenters. The lowest BCUT2D eigenvalue weighted by molar-refractivity contribution is -0.139. The van der Waals surface area contributed by atoms with Crippen LogP contribution in [0.15, 0.2) is 24.3 Å². The van der Waals surface area contributed by atoms with E-state index in [1.807, 2.05) is 31.2 Å². The SMILES string of the molecule is COCCOCCC(C(=O)O)c1ccccc1C. The first-order valence-electron chi connectivity index (χ1n) is 6.01. The molecule has 0 radical (unpaired) electrons. The third kappa shape index (κ3) is 4.47. The number of hydrogen-bond acceptors (Lipinski definition) is 3. The standard InChI is InChI=1S/C14H20O4/c1-11-5-3-4-6-12(11)13(14(15)16)7-8-18-10-9-17-2/h3-6,13H,7-10H2,1-2H3,(H,15,16). The van der Waals surface area contributed by atoms with Crippen LogP contribution in [0.1, 0.15) is 23.5 Å². The predicted octanol–water partition coefficient (Wildman–Crippen LogP) is 2.22. The molecule has 0 fully saturated rings. The van der Waals surface area contributed by atoms with Crippen LogP contribution < -0.4 is 0 Å². The van der Waals surface area contributed by atoms with Gasteiger partial charge in [0.05, 0.1) is 19.1 Å². The lowest BCUT2D eigenvalue weighted by Crippen LogP contribution is -2.16. The molecule has 1 N–H and O–H groups in total. The molecule has 0 saturated carbocycles. The fourth-order valence-corrected chi connectivity index (χ4v) is 1.84. The number of aliphatic carboxylic acids is 1. The van der Waals surface area contributed by atoms with Gasteiger partial charge >= 0.3 is 5.97 Å². The minimum absolute atomic E-state index is 0.425. The highest BCUT2D eigenvalue weighted by Crippen LogP contribution is 2.23. The molecule has 0 saturated heterocycles. The number of ether oxygens (including phenoxy) is 2. The molecule has 4 nitrogen and oxygen atoms in total. The number of aryl methyl sites for hydroxylation is 1. The van der Waals surface area contributed by atoms with Gasteiger partial charge in [0.25, 0.3) is 0 Å². The Bertz CT molecular complexity index is 376. The van der Waals surface area contributed by atoms with Crippen LogP contribution in [0.5, 0.6) is 0 Å². The topological polar surface area (TPSA) is 55.8 Å². The number of benzene rings is 1. The molecule has 1 atom stereocenters. The minimum atomic E-state index is -0.806. The second-order valence-electron chi connectivity index (χ2n) is 4.14. The Labute approximate surface area is 108 Å². The van der Waals surface area contributed by atoms with E-state index < -0.39 is 11.9 Å². The molecule has 1 rings (SSSR count). The third-order valence-electron chi connectivity index (χ3n) is 2.84. The summed E-state index contributed by atoms with van der Waals surface area (Å²) < 4.78 is 10.2. The molecule has 1 aromatic carbocycles. The molecule has 0 bridgehead atoms. The molecule has 1 aromatic rings. The van der Waals surface area contributed by atoms with Gasteiger partial charge in [0.15, 0.2) is 0 Å². The van der Waals surface area contributed by atoms with Crippen LogP contribution >= 0.6 is 0 Å². The Kier molecular flexibility index (Phi) is 6.39. The van der Waals surface area contributed by atoms with E-state index in [1.54, 1.807) is 7.11 Å². The number of carbonyl (C=O) groups is 1. The Balaban J connectivity index is 2.56. The molecular formula is C14H20O4. The van der Waals surface area contributed by atoms with Crippen LogP contribution in [0.3, 0.4) is 0 Å². The lowest BCUT2D eigenvalue weighted by atomic mass is 9.92. The summed E-state index contributed by atoms with van der Waals surface area (Å²) in [5.74, 6) is -1.31. The highest BCUT2D eigenvalue weighted by atomic mass is 16.5. The van der Waals surface area contributed by atoms with Gasteiger partial charge in [-0.1, -0.05) is 24.3 Å². The van der Waals surface area contributed by atoms with Gasteiger partial charge in [0.1, 0.15) is 0 Å². The van der Waals surface area contributed by atoms with Crippen molar-refractivity contribution in [2.75, 3.05) is 26.9 Å². The molecule has 100 valence electrons. The second-order valence-corrected chi connectivity index (χ2v) is 4.14. The Morgan fingerprint density at radius 3 is 2.61 bits per heavy atom. The summed E-state index contributed by atoms with van der Waals surface area (Å²) in [7, 11) is 1.61. The van der Waals surface area contributed by atoms with Crippen LogP contribution in [0.25, 0.3) is 0 Å². The predicted molar refractivity (Wildman–Crippen MR) is 68.9 cm³/mol. The van der Waals surface area contributed by atoms with Crippen molar-refractivity contribution in [2.24, 2.45) is 0 Å². The average Bonchev–Trinajstić information content (AvgIpc) is 2.35. The maximum Gasteiger partial charge on any atom is 0.311 e. The van der Waals surface area contributed by atoms with Gasteiger partial charge in [-0.15, -0.1) is 0 Å². The largest absolute Gasteiger partial charge is 0.481 e. The van der Waals surface area contributed by atoms with E-state index in [4.69, 9.17) is 9.47 Å². The third-order valence-corrected chi connectivity index (χ3v) is 2.84. The van der Waals surface area contributed by atoms with Gasteiger partial charge < -0.3 is 14.6 Å². The maximum absolute atomic E-state index is 11.3. The zero-order valence-electron chi connectivity index (χ0n) is 10.9. The van der Waals surface area contributed by atoms with Crippen molar-refractivity contribution in [1.29, 1.82) is 0 Å². The van der Waals surface area contributed by atoms with Crippen LogP contribution in [-0.2, 0) is 14.3 Å². The van der Waals surface area contributed by atoms with E-state index in [9.17, 15) is 9.90 Å². The Morgan fingerprint density at radius 2 is 2.00 bits per heavy atom. The van der Waals surface area contributed by atoms with E-state index in [1.165, 1.54) is 0 Å². The fraction of sp³-hybridized carbons (Fsp3) is 0.500. The van der Waals surface area contributed by atoms with Crippen molar-refractivity contribution >= 4 is 5.97 Å². The van der Waals surface area contributed by atoms with Crippen molar-refractivity contribution in [2.45, 2.75) is 19.3 Å². The molecule has 4 heteroatoms. The van der Waals surface area contributed by atoms with Crippen molar-refractivity contribution < 1.29 is 19.4 Å². The summed E-state index contributed by atoms with van der Waals surface area (Å²) in [4.78, 5) is 11.3. The first-order chi connectivity index (χ1) is 8.66. The minimum Gasteiger partial charge on any atom is -0.481 e. The molecule has 0 aliphatic rings. The smallest absolute Gasteiger partial charge is 0.311 e. The van der Waals surface area contributed by atoms with Crippen LogP contribution in [0.2, 0.25) is 0 Å². The van der Waals surface area contributed by atoms with Gasteiger partial charge in [-0.2, -0.15) is 0 Å². The molecule has 0 amide bonds. The molecule has 0 aromatic heterocycles. The number of hydrogen-bond donors (Lipinski definition) is 1. The molecule has 0 heterocycles. The Morgan fingerprint density at radius 1 is 1.28 bits per heavy atom. The zero-order chi connectivity index (χ0) is 13.4. The van der Waals surface area contributed by atoms with Crippen molar-refractivity contribution in [3.8, 4) is 0 Å². The van der Waals surface area contributed by atoms with Crippen molar-refractivity contribution in [3.05, 3.63) is 35.4 Å². The van der Waals surface area contributed by atoms with E-state index in [0.717, 1.165) is 11.1 Å². The van der Waals surface area contributed by atoms with Gasteiger partial charge in [-0.05, 0) is 24.5 Å². The summed E-state index contributed by atoms with van der Waals surface area (Å²) in [5.41, 5.74) is 1.86. The normalized spacial score (nSPS) is 12.3. The molecular weight excluding hydrogens is 232 g/mol. The Hall–Kier alpha value is -1.39. The van der Waals surface area contributed by atoms with Gasteiger partial charge in [-0.3, -0.25) is 4.79 Å². The molecule has 0 spiro atoms. The van der Waals surface area contributed by atoms with E-state index in [-0.39, 0.29) is 0 Å². The highest BCUT2D eigenvalue weighted by Gasteiger charge is 2.20. The lowest BCUT2D eigenvalue weighted by Gasteiger charge is -2.15. The highest BCUT2D eigenvalue weighted by molar-refractivity contribution is 5.76. The van der Waals surface area contributed by atoms with Crippen LogP contribution in [0.4, 0.5) is 0 Å². The number of carboxylic acid groups (broad SMARTS) is 1. The maximum atomic E-state index is 11.3. The quantitative estimate of drug-likeness (QED) is 0.721. The van der Waals surface area contributed by atoms with Gasteiger partial charge in [-0.25, -0.2) is 0 Å². The molecule has 18 heavy (non-hydrogen) atoms. The summed E-state index contributed by atoms with van der Waals surface area (Å²) in [6.45, 7) is 3.38. The van der Waals surface area contributed by atoms with Crippen LogP contribution in [0, 0.1) is 6.92 Å². The molecule has 0 aliphatic carbocycles. The fourth-order valence-electron chi connectivity index (χ4n) is 1.84. The summed E-state index contributed by atoms with van der Waals surface area (Å²) in [6.07, 6.45) is 0.476. The molecule has 0 aliphatic heterocycles. The number of rotatable bonds is 8. The summed E-state index contributed by atoms with van der Waals surface area (Å²) in [5, 5.41) is 9.27. The average molecular weight is 252 g/mol. The summed E-state index contributed by atoms with van der Waals surface area (Å²) >= 11 is 0. The first kappa shape index (κ1) is 14.7. The first-order valence-corrected chi connectivity index (χ1v) is 6.01. The zero-order valence-corrected chi connectivity index (χ0v) is 10.9. The van der Waals surface area contributed by atoms with Gasteiger partial charge in [0.2, 0.25) is 0 Å². The van der Waals surface area contributed by atoms with E-state index in [2.05, 4.69) is 0 Å². The summed E-state index contributed by atoms with van der Waals surface area (Å²) in [6, 6.07) is 7.57. The van der Waals surface area contributed by atoms with E-state index >= 15 is 0 Å². The van der Waals surface area contributed by atoms with Crippen molar-refractivity contribution in [1.82, 2.24) is 0 Å². The number of carboxylic acids is 1. The van der Waals surface area contributed by atoms with Gasteiger partial charge in [0, 0.05) is 13.7 Å². The van der Waals surface area contributed by atoms with Crippen LogP contribution in [-0.4, -0.2) is 38.0 Å². The van der Waals surface area contributed by atoms with Crippen molar-refractivity contribution in [3.63, 3.8) is 0 Å².